The fourth-order valence-corrected chi connectivity index (χ4v) is 2.29. The standard InChI is InChI=1S/C12H26N2/c1-4-5-6-9-14(3)10-12-7-8-13-11(12)2/h11-13H,4-10H2,1-3H3. The molecule has 14 heavy (non-hydrogen) atoms. The smallest absolute Gasteiger partial charge is 0.00796 e. The summed E-state index contributed by atoms with van der Waals surface area (Å²) in [6.07, 6.45) is 5.43. The SMILES string of the molecule is CCCCCN(C)CC1CCNC1C. The second kappa shape index (κ2) is 6.41. The van der Waals surface area contributed by atoms with Crippen LogP contribution in [0.2, 0.25) is 0 Å². The molecule has 2 heteroatoms. The zero-order valence-corrected chi connectivity index (χ0v) is 10.1. The molecule has 1 aliphatic rings. The maximum absolute atomic E-state index is 3.52. The Kier molecular flexibility index (Phi) is 5.49. The fourth-order valence-electron chi connectivity index (χ4n) is 2.29. The molecule has 0 aliphatic carbocycles. The molecule has 1 N–H and O–H groups in total. The summed E-state index contributed by atoms with van der Waals surface area (Å²) in [6.45, 7) is 8.35. The van der Waals surface area contributed by atoms with Gasteiger partial charge >= 0.3 is 0 Å². The molecular formula is C12H26N2. The predicted octanol–water partition coefficient (Wildman–Crippen LogP) is 2.11. The van der Waals surface area contributed by atoms with Crippen molar-refractivity contribution in [3.63, 3.8) is 0 Å². The van der Waals surface area contributed by atoms with Gasteiger partial charge < -0.3 is 10.2 Å². The van der Waals surface area contributed by atoms with Gasteiger partial charge in [0.05, 0.1) is 0 Å². The summed E-state index contributed by atoms with van der Waals surface area (Å²) in [4.78, 5) is 2.50. The van der Waals surface area contributed by atoms with Crippen molar-refractivity contribution >= 4 is 0 Å². The van der Waals surface area contributed by atoms with Crippen LogP contribution in [0.15, 0.2) is 0 Å². The van der Waals surface area contributed by atoms with E-state index in [1.807, 2.05) is 0 Å². The molecule has 84 valence electrons. The van der Waals surface area contributed by atoms with Crippen LogP contribution in [0.1, 0.15) is 39.5 Å². The lowest BCUT2D eigenvalue weighted by molar-refractivity contribution is 0.261. The molecule has 1 saturated heterocycles. The second-order valence-corrected chi connectivity index (χ2v) is 4.76. The van der Waals surface area contributed by atoms with Crippen LogP contribution < -0.4 is 5.32 Å². The van der Waals surface area contributed by atoms with Gasteiger partial charge in [-0.1, -0.05) is 19.8 Å². The van der Waals surface area contributed by atoms with E-state index in [0.29, 0.717) is 0 Å². The summed E-state index contributed by atoms with van der Waals surface area (Å²) in [6, 6.07) is 0.726. The molecular weight excluding hydrogens is 172 g/mol. The van der Waals surface area contributed by atoms with Crippen LogP contribution in [0.5, 0.6) is 0 Å². The minimum atomic E-state index is 0.726. The van der Waals surface area contributed by atoms with E-state index in [-0.39, 0.29) is 0 Å². The third-order valence-electron chi connectivity index (χ3n) is 3.38. The van der Waals surface area contributed by atoms with E-state index in [1.54, 1.807) is 0 Å². The van der Waals surface area contributed by atoms with Crippen molar-refractivity contribution in [1.82, 2.24) is 10.2 Å². The van der Waals surface area contributed by atoms with Crippen LogP contribution in [0.4, 0.5) is 0 Å². The quantitative estimate of drug-likeness (QED) is 0.658. The van der Waals surface area contributed by atoms with Gasteiger partial charge in [-0.05, 0) is 45.8 Å². The molecule has 1 fully saturated rings. The van der Waals surface area contributed by atoms with Crippen LogP contribution in [-0.4, -0.2) is 37.6 Å². The van der Waals surface area contributed by atoms with Crippen molar-refractivity contribution in [2.24, 2.45) is 5.92 Å². The van der Waals surface area contributed by atoms with E-state index in [2.05, 4.69) is 31.1 Å². The Balaban J connectivity index is 2.09. The maximum atomic E-state index is 3.52. The van der Waals surface area contributed by atoms with Crippen LogP contribution in [0.3, 0.4) is 0 Å². The first-order chi connectivity index (χ1) is 6.74. The van der Waals surface area contributed by atoms with Crippen LogP contribution in [0, 0.1) is 5.92 Å². The third kappa shape index (κ3) is 3.97. The highest BCUT2D eigenvalue weighted by molar-refractivity contribution is 4.81. The summed E-state index contributed by atoms with van der Waals surface area (Å²) in [5.41, 5.74) is 0. The molecule has 1 heterocycles. The number of nitrogens with one attached hydrogen (secondary N) is 1. The minimum absolute atomic E-state index is 0.726. The highest BCUT2D eigenvalue weighted by atomic mass is 15.1. The molecule has 0 spiro atoms. The molecule has 1 aliphatic heterocycles. The minimum Gasteiger partial charge on any atom is -0.314 e. The van der Waals surface area contributed by atoms with Gasteiger partial charge in [0.2, 0.25) is 0 Å². The van der Waals surface area contributed by atoms with E-state index >= 15 is 0 Å². The molecule has 0 aromatic carbocycles. The summed E-state index contributed by atoms with van der Waals surface area (Å²) < 4.78 is 0. The number of unbranched alkanes of at least 4 members (excludes halogenated alkanes) is 2. The Labute approximate surface area is 89.1 Å². The van der Waals surface area contributed by atoms with Gasteiger partial charge in [0.15, 0.2) is 0 Å². The molecule has 2 nitrogen and oxygen atoms in total. The van der Waals surface area contributed by atoms with Gasteiger partial charge in [-0.25, -0.2) is 0 Å². The van der Waals surface area contributed by atoms with E-state index < -0.39 is 0 Å². The second-order valence-electron chi connectivity index (χ2n) is 4.76. The number of hydrogen-bond donors (Lipinski definition) is 1. The van der Waals surface area contributed by atoms with Crippen molar-refractivity contribution in [2.45, 2.75) is 45.6 Å². The van der Waals surface area contributed by atoms with E-state index in [4.69, 9.17) is 0 Å². The lowest BCUT2D eigenvalue weighted by Crippen LogP contribution is -2.32. The molecule has 0 aromatic rings. The zero-order chi connectivity index (χ0) is 10.4. The lowest BCUT2D eigenvalue weighted by atomic mass is 10.0. The number of nitrogens with zero attached hydrogens (tertiary/aromatic N) is 1. The molecule has 0 saturated carbocycles. The summed E-state index contributed by atoms with van der Waals surface area (Å²) in [5.74, 6) is 0.877. The van der Waals surface area contributed by atoms with Gasteiger partial charge in [-0.2, -0.15) is 0 Å². The predicted molar refractivity (Wildman–Crippen MR) is 62.6 cm³/mol. The fraction of sp³-hybridized carbons (Fsp3) is 1.00. The first-order valence-corrected chi connectivity index (χ1v) is 6.16. The van der Waals surface area contributed by atoms with Gasteiger partial charge in [0, 0.05) is 12.6 Å². The summed E-state index contributed by atoms with van der Waals surface area (Å²) in [5, 5.41) is 3.52. The molecule has 2 unspecified atom stereocenters. The van der Waals surface area contributed by atoms with Gasteiger partial charge in [0.25, 0.3) is 0 Å². The molecule has 1 rings (SSSR count). The Morgan fingerprint density at radius 3 is 2.71 bits per heavy atom. The van der Waals surface area contributed by atoms with Crippen LogP contribution in [-0.2, 0) is 0 Å². The number of rotatable bonds is 6. The normalized spacial score (nSPS) is 27.4. The van der Waals surface area contributed by atoms with E-state index in [9.17, 15) is 0 Å². The largest absolute Gasteiger partial charge is 0.314 e. The highest BCUT2D eigenvalue weighted by Gasteiger charge is 2.23. The van der Waals surface area contributed by atoms with Gasteiger partial charge in [-0.15, -0.1) is 0 Å². The average molecular weight is 198 g/mol. The average Bonchev–Trinajstić information content (AvgIpc) is 2.52. The topological polar surface area (TPSA) is 15.3 Å². The lowest BCUT2D eigenvalue weighted by Gasteiger charge is -2.23. The van der Waals surface area contributed by atoms with Crippen molar-refractivity contribution in [1.29, 1.82) is 0 Å². The molecule has 0 radical (unpaired) electrons. The molecule has 0 aromatic heterocycles. The molecule has 2 atom stereocenters. The maximum Gasteiger partial charge on any atom is 0.00796 e. The first kappa shape index (κ1) is 12.0. The Bertz CT molecular complexity index is 147. The van der Waals surface area contributed by atoms with Gasteiger partial charge in [0.1, 0.15) is 0 Å². The molecule has 0 amide bonds. The van der Waals surface area contributed by atoms with E-state index in [1.165, 1.54) is 45.3 Å². The first-order valence-electron chi connectivity index (χ1n) is 6.16. The van der Waals surface area contributed by atoms with E-state index in [0.717, 1.165) is 12.0 Å². The van der Waals surface area contributed by atoms with Crippen molar-refractivity contribution in [3.8, 4) is 0 Å². The summed E-state index contributed by atoms with van der Waals surface area (Å²) >= 11 is 0. The number of hydrogen-bond acceptors (Lipinski definition) is 2. The summed E-state index contributed by atoms with van der Waals surface area (Å²) in [7, 11) is 2.26. The Morgan fingerprint density at radius 2 is 2.14 bits per heavy atom. The van der Waals surface area contributed by atoms with Crippen molar-refractivity contribution < 1.29 is 0 Å². The highest BCUT2D eigenvalue weighted by Crippen LogP contribution is 2.16. The zero-order valence-electron chi connectivity index (χ0n) is 10.1. The van der Waals surface area contributed by atoms with Gasteiger partial charge in [-0.3, -0.25) is 0 Å². The van der Waals surface area contributed by atoms with Crippen LogP contribution >= 0.6 is 0 Å². The van der Waals surface area contributed by atoms with Crippen molar-refractivity contribution in [3.05, 3.63) is 0 Å². The Hall–Kier alpha value is -0.0800. The van der Waals surface area contributed by atoms with Crippen molar-refractivity contribution in [2.75, 3.05) is 26.7 Å². The molecule has 0 bridgehead atoms. The third-order valence-corrected chi connectivity index (χ3v) is 3.38. The van der Waals surface area contributed by atoms with Crippen LogP contribution in [0.25, 0.3) is 0 Å². The monoisotopic (exact) mass is 198 g/mol. The Morgan fingerprint density at radius 1 is 1.36 bits per heavy atom.